The van der Waals surface area contributed by atoms with Crippen LogP contribution in [0.15, 0.2) is 48.5 Å². The lowest BCUT2D eigenvalue weighted by Gasteiger charge is -2.00. The highest BCUT2D eigenvalue weighted by Crippen LogP contribution is 2.09. The van der Waals surface area contributed by atoms with Crippen LogP contribution in [0, 0.1) is 23.7 Å². The van der Waals surface area contributed by atoms with Gasteiger partial charge in [0.15, 0.2) is 0 Å². The fraction of sp³-hybridized carbons (Fsp3) is 0.100. The zero-order valence-electron chi connectivity index (χ0n) is 13.4. The normalized spacial score (nSPS) is 8.92. The van der Waals surface area contributed by atoms with Gasteiger partial charge in [-0.25, -0.2) is 0 Å². The van der Waals surface area contributed by atoms with Crippen molar-refractivity contribution in [1.82, 2.24) is 0 Å². The van der Waals surface area contributed by atoms with Gasteiger partial charge < -0.3 is 10.6 Å². The minimum atomic E-state index is -0.107. The molecule has 0 saturated carbocycles. The van der Waals surface area contributed by atoms with Gasteiger partial charge in [-0.1, -0.05) is 11.8 Å². The smallest absolute Gasteiger partial charge is 0.221 e. The van der Waals surface area contributed by atoms with Gasteiger partial charge >= 0.3 is 0 Å². The Bertz CT molecular complexity index is 783. The van der Waals surface area contributed by atoms with E-state index in [2.05, 4.69) is 34.3 Å². The summed E-state index contributed by atoms with van der Waals surface area (Å²) >= 11 is 0. The Morgan fingerprint density at radius 2 is 1.00 bits per heavy atom. The zero-order valence-corrected chi connectivity index (χ0v) is 13.4. The fourth-order valence-corrected chi connectivity index (χ4v) is 1.89. The molecule has 2 rings (SSSR count). The number of rotatable bonds is 2. The van der Waals surface area contributed by atoms with Gasteiger partial charge in [-0.15, -0.1) is 0 Å². The Morgan fingerprint density at radius 1 is 0.667 bits per heavy atom. The van der Waals surface area contributed by atoms with Crippen molar-refractivity contribution < 1.29 is 9.59 Å². The summed E-state index contributed by atoms with van der Waals surface area (Å²) in [5, 5.41) is 5.39. The summed E-state index contributed by atoms with van der Waals surface area (Å²) in [7, 11) is 0. The molecule has 2 aromatic carbocycles. The van der Waals surface area contributed by atoms with Gasteiger partial charge in [0.05, 0.1) is 0 Å². The van der Waals surface area contributed by atoms with E-state index in [1.54, 1.807) is 24.3 Å². The van der Waals surface area contributed by atoms with Crippen LogP contribution in [0.25, 0.3) is 0 Å². The first kappa shape index (κ1) is 16.9. The van der Waals surface area contributed by atoms with Crippen LogP contribution in [-0.2, 0) is 9.59 Å². The van der Waals surface area contributed by atoms with Crippen LogP contribution in [0.3, 0.4) is 0 Å². The molecule has 0 saturated heterocycles. The van der Waals surface area contributed by atoms with Gasteiger partial charge in [-0.3, -0.25) is 9.59 Å². The third-order valence-electron chi connectivity index (χ3n) is 2.89. The number of hydrogen-bond donors (Lipinski definition) is 2. The molecule has 2 amide bonds. The molecular weight excluding hydrogens is 300 g/mol. The molecule has 24 heavy (non-hydrogen) atoms. The molecule has 0 spiro atoms. The molecule has 0 aliphatic heterocycles. The van der Waals surface area contributed by atoms with Crippen LogP contribution in [0.1, 0.15) is 25.0 Å². The standard InChI is InChI=1S/C20H16N2O2/c1-15(23)21-19-11-7-17(8-12-19)5-3-4-6-18-9-13-20(14-10-18)22-16(2)24/h7-14H,1-2H3,(H,21,23)(H,22,24). The van der Waals surface area contributed by atoms with Crippen molar-refractivity contribution >= 4 is 23.2 Å². The lowest BCUT2D eigenvalue weighted by Crippen LogP contribution is -2.05. The van der Waals surface area contributed by atoms with E-state index in [0.29, 0.717) is 0 Å². The summed E-state index contributed by atoms with van der Waals surface area (Å²) in [6.45, 7) is 2.93. The Balaban J connectivity index is 1.99. The molecule has 0 aliphatic rings. The van der Waals surface area contributed by atoms with Crippen LogP contribution < -0.4 is 10.6 Å². The first-order chi connectivity index (χ1) is 11.5. The summed E-state index contributed by atoms with van der Waals surface area (Å²) in [5.74, 6) is 11.2. The summed E-state index contributed by atoms with van der Waals surface area (Å²) in [5.41, 5.74) is 3.11. The minimum Gasteiger partial charge on any atom is -0.326 e. The second-order valence-electron chi connectivity index (χ2n) is 5.02. The maximum absolute atomic E-state index is 10.9. The van der Waals surface area contributed by atoms with Crippen LogP contribution in [-0.4, -0.2) is 11.8 Å². The average Bonchev–Trinajstić information content (AvgIpc) is 2.53. The first-order valence-corrected chi connectivity index (χ1v) is 7.30. The lowest BCUT2D eigenvalue weighted by atomic mass is 10.2. The van der Waals surface area contributed by atoms with Crippen molar-refractivity contribution in [2.45, 2.75) is 13.8 Å². The van der Waals surface area contributed by atoms with Gasteiger partial charge in [0.25, 0.3) is 0 Å². The van der Waals surface area contributed by atoms with Crippen molar-refractivity contribution in [3.8, 4) is 23.7 Å². The summed E-state index contributed by atoms with van der Waals surface area (Å²) in [4.78, 5) is 21.9. The Labute approximate surface area is 141 Å². The molecule has 2 N–H and O–H groups in total. The third kappa shape index (κ3) is 5.71. The first-order valence-electron chi connectivity index (χ1n) is 7.30. The van der Waals surface area contributed by atoms with Crippen LogP contribution in [0.2, 0.25) is 0 Å². The number of anilines is 2. The molecule has 0 aromatic heterocycles. The van der Waals surface area contributed by atoms with E-state index in [1.807, 2.05) is 24.3 Å². The summed E-state index contributed by atoms with van der Waals surface area (Å²) in [6, 6.07) is 14.5. The van der Waals surface area contributed by atoms with Gasteiger partial charge in [0, 0.05) is 36.3 Å². The third-order valence-corrected chi connectivity index (χ3v) is 2.89. The quantitative estimate of drug-likeness (QED) is 0.837. The molecule has 2 aromatic rings. The molecular formula is C20H16N2O2. The molecule has 4 nitrogen and oxygen atoms in total. The summed E-state index contributed by atoms with van der Waals surface area (Å²) in [6.07, 6.45) is 0. The van der Waals surface area contributed by atoms with Crippen molar-refractivity contribution in [3.63, 3.8) is 0 Å². The van der Waals surface area contributed by atoms with Crippen LogP contribution >= 0.6 is 0 Å². The summed E-state index contributed by atoms with van der Waals surface area (Å²) < 4.78 is 0. The average molecular weight is 316 g/mol. The molecule has 0 aliphatic carbocycles. The van der Waals surface area contributed by atoms with Gasteiger partial charge in [0.1, 0.15) is 0 Å². The number of benzene rings is 2. The lowest BCUT2D eigenvalue weighted by molar-refractivity contribution is -0.115. The molecule has 4 heteroatoms. The van der Waals surface area contributed by atoms with E-state index in [9.17, 15) is 9.59 Å². The van der Waals surface area contributed by atoms with E-state index < -0.39 is 0 Å². The zero-order chi connectivity index (χ0) is 17.4. The monoisotopic (exact) mass is 316 g/mol. The topological polar surface area (TPSA) is 58.2 Å². The number of carbonyl (C=O) groups excluding carboxylic acids is 2. The van der Waals surface area contributed by atoms with Crippen molar-refractivity contribution in [2.24, 2.45) is 0 Å². The van der Waals surface area contributed by atoms with Crippen molar-refractivity contribution in [3.05, 3.63) is 59.7 Å². The molecule has 0 fully saturated rings. The Hall–Kier alpha value is -3.50. The highest BCUT2D eigenvalue weighted by Gasteiger charge is 1.95. The van der Waals surface area contributed by atoms with E-state index in [4.69, 9.17) is 0 Å². The van der Waals surface area contributed by atoms with E-state index in [-0.39, 0.29) is 11.8 Å². The highest BCUT2D eigenvalue weighted by molar-refractivity contribution is 5.89. The van der Waals surface area contributed by atoms with Crippen molar-refractivity contribution in [2.75, 3.05) is 10.6 Å². The second-order valence-corrected chi connectivity index (χ2v) is 5.02. The predicted molar refractivity (Wildman–Crippen MR) is 95.2 cm³/mol. The predicted octanol–water partition coefficient (Wildman–Crippen LogP) is 3.01. The molecule has 118 valence electrons. The molecule has 0 atom stereocenters. The van der Waals surface area contributed by atoms with Gasteiger partial charge in [0.2, 0.25) is 11.8 Å². The SMILES string of the molecule is CC(=O)Nc1ccc(C#CC#Cc2ccc(NC(C)=O)cc2)cc1. The van der Waals surface area contributed by atoms with E-state index >= 15 is 0 Å². The van der Waals surface area contributed by atoms with Gasteiger partial charge in [-0.2, -0.15) is 0 Å². The maximum atomic E-state index is 10.9. The van der Waals surface area contributed by atoms with E-state index in [0.717, 1.165) is 22.5 Å². The van der Waals surface area contributed by atoms with Gasteiger partial charge in [-0.05, 0) is 60.4 Å². The van der Waals surface area contributed by atoms with Crippen LogP contribution in [0.5, 0.6) is 0 Å². The Kier molecular flexibility index (Phi) is 5.77. The molecule has 0 radical (unpaired) electrons. The number of hydrogen-bond acceptors (Lipinski definition) is 2. The highest BCUT2D eigenvalue weighted by atomic mass is 16.2. The largest absolute Gasteiger partial charge is 0.326 e. The number of carbonyl (C=O) groups is 2. The number of amides is 2. The Morgan fingerprint density at radius 3 is 1.29 bits per heavy atom. The molecule has 0 unspecified atom stereocenters. The minimum absolute atomic E-state index is 0.107. The fourth-order valence-electron chi connectivity index (χ4n) is 1.89. The van der Waals surface area contributed by atoms with Crippen LogP contribution in [0.4, 0.5) is 11.4 Å². The second kappa shape index (κ2) is 8.22. The van der Waals surface area contributed by atoms with E-state index in [1.165, 1.54) is 13.8 Å². The molecule has 0 bridgehead atoms. The molecule has 0 heterocycles. The maximum Gasteiger partial charge on any atom is 0.221 e. The van der Waals surface area contributed by atoms with Crippen molar-refractivity contribution in [1.29, 1.82) is 0 Å². The number of nitrogens with one attached hydrogen (secondary N) is 2.